The molecule has 1 amide bonds. The van der Waals surface area contributed by atoms with Crippen LogP contribution in [0, 0.1) is 5.92 Å². The van der Waals surface area contributed by atoms with E-state index in [1.54, 1.807) is 12.3 Å². The van der Waals surface area contributed by atoms with E-state index in [-0.39, 0.29) is 17.9 Å². The van der Waals surface area contributed by atoms with Crippen LogP contribution in [0.2, 0.25) is 5.02 Å². The Balaban J connectivity index is 2.69. The van der Waals surface area contributed by atoms with Gasteiger partial charge in [-0.2, -0.15) is 0 Å². The average molecular weight is 271 g/mol. The second-order valence-electron chi connectivity index (χ2n) is 4.34. The molecule has 0 radical (unpaired) electrons. The van der Waals surface area contributed by atoms with Gasteiger partial charge in [0.05, 0.1) is 23.2 Å². The van der Waals surface area contributed by atoms with Crippen molar-refractivity contribution in [3.05, 3.63) is 29.0 Å². The number of pyridine rings is 1. The first-order valence-electron chi connectivity index (χ1n) is 6.04. The summed E-state index contributed by atoms with van der Waals surface area (Å²) < 4.78 is 5.36. The molecule has 0 saturated heterocycles. The molecule has 1 heterocycles. The van der Waals surface area contributed by atoms with Gasteiger partial charge in [-0.25, -0.2) is 0 Å². The highest BCUT2D eigenvalue weighted by Gasteiger charge is 2.18. The van der Waals surface area contributed by atoms with Gasteiger partial charge < -0.3 is 10.1 Å². The average Bonchev–Trinajstić information content (AvgIpc) is 2.34. The van der Waals surface area contributed by atoms with Crippen molar-refractivity contribution >= 4 is 17.5 Å². The van der Waals surface area contributed by atoms with Crippen LogP contribution in [-0.4, -0.2) is 30.1 Å². The third-order valence-corrected chi connectivity index (χ3v) is 2.96. The van der Waals surface area contributed by atoms with E-state index in [4.69, 9.17) is 16.3 Å². The lowest BCUT2D eigenvalue weighted by Gasteiger charge is -2.22. The van der Waals surface area contributed by atoms with Gasteiger partial charge >= 0.3 is 0 Å². The molecule has 4 nitrogen and oxygen atoms in total. The van der Waals surface area contributed by atoms with Crippen molar-refractivity contribution in [2.24, 2.45) is 5.92 Å². The molecule has 0 aliphatic heterocycles. The van der Waals surface area contributed by atoms with Crippen molar-refractivity contribution in [1.29, 1.82) is 0 Å². The highest BCUT2D eigenvalue weighted by molar-refractivity contribution is 6.33. The lowest BCUT2D eigenvalue weighted by atomic mass is 10.0. The topological polar surface area (TPSA) is 51.2 Å². The van der Waals surface area contributed by atoms with Gasteiger partial charge in [-0.05, 0) is 18.9 Å². The smallest absolute Gasteiger partial charge is 0.254 e. The van der Waals surface area contributed by atoms with Gasteiger partial charge in [0.2, 0.25) is 0 Å². The highest BCUT2D eigenvalue weighted by Crippen LogP contribution is 2.14. The fourth-order valence-corrected chi connectivity index (χ4v) is 1.63. The Bertz CT molecular complexity index is 396. The first-order valence-corrected chi connectivity index (χ1v) is 6.42. The van der Waals surface area contributed by atoms with Crippen LogP contribution in [0.1, 0.15) is 31.1 Å². The Labute approximate surface area is 113 Å². The Morgan fingerprint density at radius 1 is 1.56 bits per heavy atom. The minimum atomic E-state index is -0.216. The van der Waals surface area contributed by atoms with Crippen molar-refractivity contribution < 1.29 is 9.53 Å². The molecule has 0 aliphatic carbocycles. The number of carbonyl (C=O) groups is 1. The predicted molar refractivity (Wildman–Crippen MR) is 71.8 cm³/mol. The largest absolute Gasteiger partial charge is 0.380 e. The van der Waals surface area contributed by atoms with Crippen LogP contribution in [0.3, 0.4) is 0 Å². The number of amides is 1. The second-order valence-corrected chi connectivity index (χ2v) is 4.75. The zero-order chi connectivity index (χ0) is 13.5. The first kappa shape index (κ1) is 14.9. The molecule has 1 aromatic rings. The molecule has 0 fully saturated rings. The number of hydrogen-bond donors (Lipinski definition) is 1. The van der Waals surface area contributed by atoms with Crippen LogP contribution < -0.4 is 5.32 Å². The molecule has 100 valence electrons. The highest BCUT2D eigenvalue weighted by atomic mass is 35.5. The quantitative estimate of drug-likeness (QED) is 0.864. The number of rotatable bonds is 6. The molecule has 0 saturated carbocycles. The lowest BCUT2D eigenvalue weighted by molar-refractivity contribution is 0.0806. The lowest BCUT2D eigenvalue weighted by Crippen LogP contribution is -2.42. The maximum atomic E-state index is 12.1. The van der Waals surface area contributed by atoms with Crippen LogP contribution in [0.5, 0.6) is 0 Å². The molecular formula is C13H19ClN2O2. The molecule has 0 spiro atoms. The Morgan fingerprint density at radius 3 is 2.83 bits per heavy atom. The van der Waals surface area contributed by atoms with E-state index in [0.717, 1.165) is 0 Å². The van der Waals surface area contributed by atoms with E-state index in [1.807, 2.05) is 20.8 Å². The number of hydrogen-bond acceptors (Lipinski definition) is 3. The molecular weight excluding hydrogens is 252 g/mol. The molecule has 1 aromatic heterocycles. The fraction of sp³-hybridized carbons (Fsp3) is 0.538. The van der Waals surface area contributed by atoms with Gasteiger partial charge in [-0.1, -0.05) is 25.4 Å². The summed E-state index contributed by atoms with van der Waals surface area (Å²) in [7, 11) is 0. The molecule has 1 atom stereocenters. The van der Waals surface area contributed by atoms with Crippen molar-refractivity contribution in [2.45, 2.75) is 26.8 Å². The number of carbonyl (C=O) groups excluding carboxylic acids is 1. The summed E-state index contributed by atoms with van der Waals surface area (Å²) in [5.74, 6) is 0.0717. The summed E-state index contributed by atoms with van der Waals surface area (Å²) in [6.45, 7) is 7.13. The molecule has 5 heteroatoms. The van der Waals surface area contributed by atoms with Crippen LogP contribution >= 0.6 is 11.6 Å². The van der Waals surface area contributed by atoms with Crippen molar-refractivity contribution in [3.63, 3.8) is 0 Å². The molecule has 0 aliphatic rings. The summed E-state index contributed by atoms with van der Waals surface area (Å²) in [4.78, 5) is 16.0. The number of halogens is 1. The van der Waals surface area contributed by atoms with E-state index in [2.05, 4.69) is 10.3 Å². The zero-order valence-electron chi connectivity index (χ0n) is 10.9. The Hall–Kier alpha value is -1.13. The number of nitrogens with zero attached hydrogens (tertiary/aromatic N) is 1. The Morgan fingerprint density at radius 2 is 2.28 bits per heavy atom. The van der Waals surface area contributed by atoms with E-state index >= 15 is 0 Å². The van der Waals surface area contributed by atoms with Crippen LogP contribution in [0.4, 0.5) is 0 Å². The predicted octanol–water partition coefficient (Wildman–Crippen LogP) is 2.53. The van der Waals surface area contributed by atoms with Crippen LogP contribution in [0.15, 0.2) is 18.5 Å². The van der Waals surface area contributed by atoms with E-state index in [1.165, 1.54) is 6.20 Å². The van der Waals surface area contributed by atoms with Crippen molar-refractivity contribution in [1.82, 2.24) is 10.3 Å². The summed E-state index contributed by atoms with van der Waals surface area (Å²) in [5.41, 5.74) is 0.390. The van der Waals surface area contributed by atoms with E-state index < -0.39 is 0 Å². The van der Waals surface area contributed by atoms with Gasteiger partial charge in [-0.3, -0.25) is 9.78 Å². The van der Waals surface area contributed by atoms with E-state index in [0.29, 0.717) is 23.8 Å². The zero-order valence-corrected chi connectivity index (χ0v) is 11.7. The normalized spacial score (nSPS) is 12.5. The molecule has 1 N–H and O–H groups in total. The van der Waals surface area contributed by atoms with Crippen molar-refractivity contribution in [3.8, 4) is 0 Å². The third kappa shape index (κ3) is 4.27. The monoisotopic (exact) mass is 270 g/mol. The minimum Gasteiger partial charge on any atom is -0.380 e. The molecule has 1 rings (SSSR count). The standard InChI is InChI=1S/C13H19ClN2O2/c1-4-18-8-12(9(2)3)16-13(17)10-7-15-6-5-11(10)14/h5-7,9,12H,4,8H2,1-3H3,(H,16,17). The number of aromatic nitrogens is 1. The maximum absolute atomic E-state index is 12.1. The maximum Gasteiger partial charge on any atom is 0.254 e. The summed E-state index contributed by atoms with van der Waals surface area (Å²) in [6.07, 6.45) is 3.02. The second kappa shape index (κ2) is 7.34. The van der Waals surface area contributed by atoms with Gasteiger partial charge in [0.15, 0.2) is 0 Å². The first-order chi connectivity index (χ1) is 8.56. The van der Waals surface area contributed by atoms with Crippen molar-refractivity contribution in [2.75, 3.05) is 13.2 Å². The van der Waals surface area contributed by atoms with Crippen LogP contribution in [0.25, 0.3) is 0 Å². The third-order valence-electron chi connectivity index (χ3n) is 2.64. The van der Waals surface area contributed by atoms with Gasteiger partial charge in [0.1, 0.15) is 0 Å². The SMILES string of the molecule is CCOCC(NC(=O)c1cnccc1Cl)C(C)C. The summed E-state index contributed by atoms with van der Waals surface area (Å²) in [5, 5.41) is 3.32. The molecule has 18 heavy (non-hydrogen) atoms. The molecule has 0 aromatic carbocycles. The molecule has 1 unspecified atom stereocenters. The van der Waals surface area contributed by atoms with Gasteiger partial charge in [0.25, 0.3) is 5.91 Å². The van der Waals surface area contributed by atoms with Gasteiger partial charge in [-0.15, -0.1) is 0 Å². The minimum absolute atomic E-state index is 0.0336. The van der Waals surface area contributed by atoms with E-state index in [9.17, 15) is 4.79 Å². The number of ether oxygens (including phenoxy) is 1. The fourth-order valence-electron chi connectivity index (χ4n) is 1.44. The summed E-state index contributed by atoms with van der Waals surface area (Å²) in [6, 6.07) is 1.57. The molecule has 0 bridgehead atoms. The number of nitrogens with one attached hydrogen (secondary N) is 1. The summed E-state index contributed by atoms with van der Waals surface area (Å²) >= 11 is 5.95. The Kier molecular flexibility index (Phi) is 6.09. The van der Waals surface area contributed by atoms with Crippen LogP contribution in [-0.2, 0) is 4.74 Å². The van der Waals surface area contributed by atoms with Gasteiger partial charge in [0, 0.05) is 19.0 Å².